The molecule has 0 saturated heterocycles. The van der Waals surface area contributed by atoms with E-state index < -0.39 is 0 Å². The number of para-hydroxylation sites is 1. The molecule has 0 unspecified atom stereocenters. The van der Waals surface area contributed by atoms with Gasteiger partial charge in [0.1, 0.15) is 0 Å². The average molecular weight is 336 g/mol. The van der Waals surface area contributed by atoms with Crippen molar-refractivity contribution in [2.45, 2.75) is 0 Å². The lowest BCUT2D eigenvalue weighted by atomic mass is 10.1. The molecule has 1 N–H and O–H groups in total. The van der Waals surface area contributed by atoms with Crippen molar-refractivity contribution in [3.05, 3.63) is 59.7 Å². The molecule has 1 aliphatic heterocycles. The number of likely N-dealkylation sites (N-methyl/N-ethyl adjacent to an activating group) is 2. The molecule has 128 valence electrons. The van der Waals surface area contributed by atoms with Gasteiger partial charge in [-0.3, -0.25) is 4.79 Å². The monoisotopic (exact) mass is 336 g/mol. The second-order valence-corrected chi connectivity index (χ2v) is 5.81. The Bertz CT molecular complexity index is 828. The summed E-state index contributed by atoms with van der Waals surface area (Å²) in [6, 6.07) is 15.3. The number of hydrogen-bond donors (Lipinski definition) is 1. The number of rotatable bonds is 5. The molecule has 2 aromatic carbocycles. The second kappa shape index (κ2) is 7.27. The van der Waals surface area contributed by atoms with Crippen LogP contribution in [-0.4, -0.2) is 50.2 Å². The van der Waals surface area contributed by atoms with E-state index in [2.05, 4.69) is 10.2 Å². The molecule has 0 bridgehead atoms. The first kappa shape index (κ1) is 16.9. The Balaban J connectivity index is 1.77. The molecule has 0 spiro atoms. The topological polar surface area (TPSA) is 68.5 Å². The minimum Gasteiger partial charge on any atom is -0.395 e. The van der Waals surface area contributed by atoms with Gasteiger partial charge in [0, 0.05) is 31.9 Å². The first-order valence-corrected chi connectivity index (χ1v) is 8.02. The van der Waals surface area contributed by atoms with Crippen LogP contribution in [0, 0.1) is 0 Å². The van der Waals surface area contributed by atoms with Crippen molar-refractivity contribution in [3.63, 3.8) is 0 Å². The molecule has 3 rings (SSSR count). The third-order valence-electron chi connectivity index (χ3n) is 4.16. The van der Waals surface area contributed by atoms with E-state index in [4.69, 9.17) is 5.11 Å². The molecule has 0 saturated carbocycles. The van der Waals surface area contributed by atoms with Crippen molar-refractivity contribution in [1.82, 2.24) is 0 Å². The normalized spacial score (nSPS) is 15.2. The maximum Gasteiger partial charge on any atom is 0.279 e. The third-order valence-corrected chi connectivity index (χ3v) is 4.16. The van der Waals surface area contributed by atoms with E-state index in [0.29, 0.717) is 12.3 Å². The summed E-state index contributed by atoms with van der Waals surface area (Å²) in [4.78, 5) is 15.8. The summed E-state index contributed by atoms with van der Waals surface area (Å²) in [6.07, 6.45) is 1.62. The van der Waals surface area contributed by atoms with Crippen LogP contribution >= 0.6 is 0 Å². The number of aliphatic hydroxyl groups excluding tert-OH is 1. The molecule has 0 aromatic heterocycles. The van der Waals surface area contributed by atoms with E-state index in [-0.39, 0.29) is 12.5 Å². The van der Waals surface area contributed by atoms with E-state index in [9.17, 15) is 4.79 Å². The molecule has 1 aliphatic rings. The van der Waals surface area contributed by atoms with Gasteiger partial charge in [-0.1, -0.05) is 30.3 Å². The molecule has 0 fully saturated rings. The van der Waals surface area contributed by atoms with Crippen LogP contribution in [0.4, 0.5) is 11.4 Å². The fourth-order valence-electron chi connectivity index (χ4n) is 2.69. The van der Waals surface area contributed by atoms with E-state index in [1.165, 1.54) is 0 Å². The highest BCUT2D eigenvalue weighted by molar-refractivity contribution is 6.54. The minimum absolute atomic E-state index is 0.112. The molecule has 0 atom stereocenters. The molecule has 0 aliphatic carbocycles. The number of fused-ring (bicyclic) bond motifs is 1. The Hall–Kier alpha value is -2.99. The molecular weight excluding hydrogens is 316 g/mol. The average Bonchev–Trinajstić information content (AvgIpc) is 2.88. The summed E-state index contributed by atoms with van der Waals surface area (Å²) in [5.41, 5.74) is 3.90. The zero-order valence-electron chi connectivity index (χ0n) is 14.3. The lowest BCUT2D eigenvalue weighted by molar-refractivity contribution is -0.111. The standard InChI is InChI=1S/C19H20N4O2/c1-22(11-12-24)15-9-7-14(8-10-15)13-20-21-18-16-5-3-4-6-17(16)23(2)19(18)25/h3-10,13,24H,11-12H2,1-2H3/b20-13-,21-18-. The summed E-state index contributed by atoms with van der Waals surface area (Å²) >= 11 is 0. The zero-order chi connectivity index (χ0) is 17.8. The zero-order valence-corrected chi connectivity index (χ0v) is 14.3. The highest BCUT2D eigenvalue weighted by Gasteiger charge is 2.30. The van der Waals surface area contributed by atoms with Gasteiger partial charge in [-0.2, -0.15) is 5.10 Å². The van der Waals surface area contributed by atoms with Gasteiger partial charge >= 0.3 is 0 Å². The molecule has 0 radical (unpaired) electrons. The van der Waals surface area contributed by atoms with Crippen molar-refractivity contribution >= 4 is 29.2 Å². The highest BCUT2D eigenvalue weighted by Crippen LogP contribution is 2.27. The SMILES string of the molecule is CN(CCO)c1ccc(/C=N\N=C2/C(=O)N(C)c3ccccc32)cc1. The molecule has 2 aromatic rings. The van der Waals surface area contributed by atoms with Crippen LogP contribution in [0.15, 0.2) is 58.7 Å². The predicted octanol–water partition coefficient (Wildman–Crippen LogP) is 1.91. The molecular formula is C19H20N4O2. The van der Waals surface area contributed by atoms with Crippen molar-refractivity contribution in [1.29, 1.82) is 0 Å². The molecule has 1 amide bonds. The van der Waals surface area contributed by atoms with E-state index in [0.717, 1.165) is 22.5 Å². The van der Waals surface area contributed by atoms with Crippen molar-refractivity contribution in [2.24, 2.45) is 10.2 Å². The van der Waals surface area contributed by atoms with Gasteiger partial charge in [0.2, 0.25) is 0 Å². The smallest absolute Gasteiger partial charge is 0.279 e. The van der Waals surface area contributed by atoms with Crippen LogP contribution in [0.5, 0.6) is 0 Å². The second-order valence-electron chi connectivity index (χ2n) is 5.81. The van der Waals surface area contributed by atoms with Gasteiger partial charge in [0.15, 0.2) is 5.71 Å². The summed E-state index contributed by atoms with van der Waals surface area (Å²) in [6.45, 7) is 0.692. The van der Waals surface area contributed by atoms with E-state index in [1.807, 2.05) is 60.5 Å². The van der Waals surface area contributed by atoms with Gasteiger partial charge in [0.05, 0.1) is 18.5 Å². The lowest BCUT2D eigenvalue weighted by Gasteiger charge is -2.17. The van der Waals surface area contributed by atoms with Crippen LogP contribution in [0.25, 0.3) is 0 Å². The van der Waals surface area contributed by atoms with Gasteiger partial charge < -0.3 is 14.9 Å². The van der Waals surface area contributed by atoms with E-state index >= 15 is 0 Å². The number of benzene rings is 2. The Morgan fingerprint density at radius 2 is 1.88 bits per heavy atom. The fourth-order valence-corrected chi connectivity index (χ4v) is 2.69. The number of carbonyl (C=O) groups excluding carboxylic acids is 1. The van der Waals surface area contributed by atoms with Crippen molar-refractivity contribution in [2.75, 3.05) is 37.0 Å². The molecule has 6 nitrogen and oxygen atoms in total. The number of hydrogen-bond acceptors (Lipinski definition) is 5. The summed E-state index contributed by atoms with van der Waals surface area (Å²) in [5, 5.41) is 17.2. The Kier molecular flexibility index (Phi) is 4.90. The quantitative estimate of drug-likeness (QED) is 0.670. The summed E-state index contributed by atoms with van der Waals surface area (Å²) in [5.74, 6) is -0.153. The number of aliphatic hydroxyl groups is 1. The number of anilines is 2. The predicted molar refractivity (Wildman–Crippen MR) is 101 cm³/mol. The number of carbonyl (C=O) groups is 1. The fraction of sp³-hybridized carbons (Fsp3) is 0.211. The van der Waals surface area contributed by atoms with Crippen LogP contribution in [0.1, 0.15) is 11.1 Å². The Morgan fingerprint density at radius 1 is 1.16 bits per heavy atom. The van der Waals surface area contributed by atoms with E-state index in [1.54, 1.807) is 18.2 Å². The largest absolute Gasteiger partial charge is 0.395 e. The van der Waals surface area contributed by atoms with Crippen LogP contribution in [0.3, 0.4) is 0 Å². The first-order valence-electron chi connectivity index (χ1n) is 8.02. The molecule has 6 heteroatoms. The van der Waals surface area contributed by atoms with Crippen molar-refractivity contribution in [3.8, 4) is 0 Å². The summed E-state index contributed by atoms with van der Waals surface area (Å²) in [7, 11) is 3.65. The van der Waals surface area contributed by atoms with Gasteiger partial charge in [-0.25, -0.2) is 0 Å². The van der Waals surface area contributed by atoms with Gasteiger partial charge in [0.25, 0.3) is 5.91 Å². The van der Waals surface area contributed by atoms with Crippen LogP contribution < -0.4 is 9.80 Å². The lowest BCUT2D eigenvalue weighted by Crippen LogP contribution is -2.25. The van der Waals surface area contributed by atoms with Crippen LogP contribution in [-0.2, 0) is 4.79 Å². The molecule has 25 heavy (non-hydrogen) atoms. The minimum atomic E-state index is -0.153. The maximum absolute atomic E-state index is 12.3. The Morgan fingerprint density at radius 3 is 2.60 bits per heavy atom. The summed E-state index contributed by atoms with van der Waals surface area (Å²) < 4.78 is 0. The highest BCUT2D eigenvalue weighted by atomic mass is 16.3. The number of nitrogens with zero attached hydrogens (tertiary/aromatic N) is 4. The third kappa shape index (κ3) is 3.44. The number of amides is 1. The van der Waals surface area contributed by atoms with Crippen LogP contribution in [0.2, 0.25) is 0 Å². The van der Waals surface area contributed by atoms with Gasteiger partial charge in [-0.15, -0.1) is 5.10 Å². The Labute approximate surface area is 146 Å². The molecule has 1 heterocycles. The maximum atomic E-state index is 12.3. The van der Waals surface area contributed by atoms with Gasteiger partial charge in [-0.05, 0) is 23.8 Å². The first-order chi connectivity index (χ1) is 12.1. The van der Waals surface area contributed by atoms with Crippen molar-refractivity contribution < 1.29 is 9.90 Å².